The van der Waals surface area contributed by atoms with Crippen LogP contribution in [0.5, 0.6) is 0 Å². The average Bonchev–Trinajstić information content (AvgIpc) is 1.97. The first-order valence-corrected chi connectivity index (χ1v) is 8.59. The molecule has 92 valence electrons. The van der Waals surface area contributed by atoms with Gasteiger partial charge in [0.2, 0.25) is 0 Å². The summed E-state index contributed by atoms with van der Waals surface area (Å²) >= 11 is 0. The number of carbonyl (C=O) groups is 2. The van der Waals surface area contributed by atoms with Crippen LogP contribution in [0.3, 0.4) is 0 Å². The zero-order valence-electron chi connectivity index (χ0n) is 9.97. The average molecular weight is 248 g/mol. The van der Waals surface area contributed by atoms with Crippen LogP contribution in [-0.2, 0) is 9.53 Å². The van der Waals surface area contributed by atoms with Crippen molar-refractivity contribution in [1.29, 1.82) is 0 Å². The van der Waals surface area contributed by atoms with E-state index in [9.17, 15) is 9.59 Å². The fraction of sp³-hybridized carbons (Fsp3) is 0.800. The summed E-state index contributed by atoms with van der Waals surface area (Å²) in [5, 5.41) is 8.76. The molecule has 5 nitrogen and oxygen atoms in total. The zero-order valence-corrected chi connectivity index (χ0v) is 10.9. The van der Waals surface area contributed by atoms with Crippen LogP contribution in [0.2, 0.25) is 0 Å². The van der Waals surface area contributed by atoms with Crippen molar-refractivity contribution >= 4 is 19.3 Å². The molecule has 1 heterocycles. The third-order valence-electron chi connectivity index (χ3n) is 2.53. The fourth-order valence-electron chi connectivity index (χ4n) is 1.35. The van der Waals surface area contributed by atoms with Gasteiger partial charge in [-0.05, 0) is 6.42 Å². The first-order valence-electron chi connectivity index (χ1n) is 5.28. The molecule has 1 amide bonds. The molecule has 0 spiro atoms. The molecule has 0 radical (unpaired) electrons. The number of hydrogen-bond donors (Lipinski definition) is 1. The molecule has 1 aliphatic heterocycles. The van der Waals surface area contributed by atoms with E-state index in [4.69, 9.17) is 9.84 Å². The van der Waals surface area contributed by atoms with Crippen LogP contribution in [0.15, 0.2) is 0 Å². The number of carboxylic acids is 1. The summed E-state index contributed by atoms with van der Waals surface area (Å²) in [7, 11) is -0.939. The highest BCUT2D eigenvalue weighted by molar-refractivity contribution is 7.73. The molecule has 0 aromatic carbocycles. The molecule has 1 atom stereocenters. The van der Waals surface area contributed by atoms with Gasteiger partial charge in [-0.1, -0.05) is 0 Å². The van der Waals surface area contributed by atoms with E-state index in [1.54, 1.807) is 0 Å². The van der Waals surface area contributed by atoms with Gasteiger partial charge in [0.15, 0.2) is 0 Å². The number of aliphatic carboxylic acids is 1. The number of nitrogens with zero attached hydrogens (tertiary/aromatic N) is 1. The Bertz CT molecular complexity index is 287. The summed E-state index contributed by atoms with van der Waals surface area (Å²) in [6.07, 6.45) is 0.910. The van der Waals surface area contributed by atoms with Crippen LogP contribution in [0.25, 0.3) is 0 Å². The molecule has 1 aliphatic rings. The molecule has 0 aliphatic carbocycles. The van der Waals surface area contributed by atoms with Crippen LogP contribution in [-0.4, -0.2) is 67.4 Å². The predicted octanol–water partition coefficient (Wildman–Crippen LogP) is 1.19. The maximum Gasteiger partial charge on any atom is 0.410 e. The summed E-state index contributed by atoms with van der Waals surface area (Å²) in [5.41, 5.74) is 0. The van der Waals surface area contributed by atoms with Gasteiger partial charge in [-0.2, -0.15) is 0 Å². The maximum atomic E-state index is 11.5. The van der Waals surface area contributed by atoms with Crippen molar-refractivity contribution in [2.45, 2.75) is 12.5 Å². The van der Waals surface area contributed by atoms with Crippen molar-refractivity contribution in [2.24, 2.45) is 0 Å². The summed E-state index contributed by atoms with van der Waals surface area (Å²) in [6.45, 7) is 7.39. The molecule has 16 heavy (non-hydrogen) atoms. The second-order valence-electron chi connectivity index (χ2n) is 4.96. The molecular formula is C10H19NO4P+. The van der Waals surface area contributed by atoms with Crippen molar-refractivity contribution in [1.82, 2.24) is 4.90 Å². The highest BCUT2D eigenvalue weighted by Crippen LogP contribution is 2.45. The van der Waals surface area contributed by atoms with Gasteiger partial charge in [0.1, 0.15) is 12.6 Å². The molecular weight excluding hydrogens is 229 g/mol. The normalized spacial score (nSPS) is 20.2. The number of hydrogen-bond acceptors (Lipinski definition) is 3. The molecule has 0 aromatic heterocycles. The first kappa shape index (κ1) is 13.2. The van der Waals surface area contributed by atoms with Gasteiger partial charge < -0.3 is 9.84 Å². The van der Waals surface area contributed by atoms with Gasteiger partial charge in [-0.3, -0.25) is 4.90 Å². The van der Waals surface area contributed by atoms with Crippen LogP contribution in [0.4, 0.5) is 4.79 Å². The van der Waals surface area contributed by atoms with Gasteiger partial charge in [-0.25, -0.2) is 9.59 Å². The number of carbonyl (C=O) groups excluding carboxylic acids is 1. The van der Waals surface area contributed by atoms with E-state index >= 15 is 0 Å². The van der Waals surface area contributed by atoms with Crippen molar-refractivity contribution in [3.05, 3.63) is 0 Å². The summed E-state index contributed by atoms with van der Waals surface area (Å²) < 4.78 is 5.05. The Kier molecular flexibility index (Phi) is 4.14. The molecule has 0 bridgehead atoms. The van der Waals surface area contributed by atoms with Crippen molar-refractivity contribution in [3.63, 3.8) is 0 Å². The number of ether oxygens (including phenoxy) is 1. The second kappa shape index (κ2) is 5.00. The summed E-state index contributed by atoms with van der Waals surface area (Å²) in [6, 6.07) is -0.683. The Morgan fingerprint density at radius 1 is 1.44 bits per heavy atom. The van der Waals surface area contributed by atoms with Crippen molar-refractivity contribution in [2.75, 3.05) is 39.3 Å². The quantitative estimate of drug-likeness (QED) is 0.759. The van der Waals surface area contributed by atoms with Crippen LogP contribution >= 0.6 is 7.26 Å². The van der Waals surface area contributed by atoms with Crippen LogP contribution < -0.4 is 0 Å². The molecule has 1 saturated heterocycles. The lowest BCUT2D eigenvalue weighted by atomic mass is 10.1. The van der Waals surface area contributed by atoms with Gasteiger partial charge in [0.05, 0.1) is 6.16 Å². The lowest BCUT2D eigenvalue weighted by Crippen LogP contribution is -2.55. The minimum Gasteiger partial charge on any atom is -0.480 e. The molecule has 1 rings (SSSR count). The number of rotatable bonds is 4. The van der Waals surface area contributed by atoms with E-state index in [1.165, 1.54) is 4.90 Å². The van der Waals surface area contributed by atoms with Gasteiger partial charge in [-0.15, -0.1) is 0 Å². The smallest absolute Gasteiger partial charge is 0.410 e. The third-order valence-corrected chi connectivity index (χ3v) is 4.05. The lowest BCUT2D eigenvalue weighted by molar-refractivity contribution is -0.146. The maximum absolute atomic E-state index is 11.5. The number of amides is 1. The highest BCUT2D eigenvalue weighted by Gasteiger charge is 2.38. The molecule has 1 unspecified atom stereocenters. The standard InChI is InChI=1S/C10H18NO4P/c1-16(2,3)7-6-15-10(14)11-5-4-8(11)9(12)13/h8H,4-7H2,1-3H3/p+1. The minimum atomic E-state index is -0.952. The Labute approximate surface area is 96.1 Å². The largest absolute Gasteiger partial charge is 0.480 e. The fourth-order valence-corrected chi connectivity index (χ4v) is 1.99. The second-order valence-corrected chi connectivity index (χ2v) is 9.99. The SMILES string of the molecule is C[P+](C)(C)CCOC(=O)N1CCC1C(=O)O. The number of carboxylic acid groups (broad SMARTS) is 1. The lowest BCUT2D eigenvalue weighted by Gasteiger charge is -2.36. The van der Waals surface area contributed by atoms with Crippen molar-refractivity contribution in [3.8, 4) is 0 Å². The summed E-state index contributed by atoms with van der Waals surface area (Å²) in [5.74, 6) is -0.952. The van der Waals surface area contributed by atoms with E-state index in [2.05, 4.69) is 20.0 Å². The van der Waals surface area contributed by atoms with Gasteiger partial charge in [0, 0.05) is 33.8 Å². The van der Waals surface area contributed by atoms with E-state index < -0.39 is 25.4 Å². The predicted molar refractivity (Wildman–Crippen MR) is 63.7 cm³/mol. The van der Waals surface area contributed by atoms with E-state index in [1.807, 2.05) is 0 Å². The van der Waals surface area contributed by atoms with Gasteiger partial charge in [0.25, 0.3) is 0 Å². The molecule has 0 aromatic rings. The Morgan fingerprint density at radius 2 is 2.06 bits per heavy atom. The van der Waals surface area contributed by atoms with Crippen molar-refractivity contribution < 1.29 is 19.4 Å². The van der Waals surface area contributed by atoms with E-state index in [0.29, 0.717) is 19.6 Å². The topological polar surface area (TPSA) is 66.8 Å². The van der Waals surface area contributed by atoms with Gasteiger partial charge >= 0.3 is 12.1 Å². The van der Waals surface area contributed by atoms with E-state index in [0.717, 1.165) is 6.16 Å². The van der Waals surface area contributed by atoms with Crippen LogP contribution in [0.1, 0.15) is 6.42 Å². The third kappa shape index (κ3) is 3.63. The van der Waals surface area contributed by atoms with Crippen LogP contribution in [0, 0.1) is 0 Å². The highest BCUT2D eigenvalue weighted by atomic mass is 31.2. The van der Waals surface area contributed by atoms with E-state index in [-0.39, 0.29) is 0 Å². The molecule has 0 saturated carbocycles. The molecule has 6 heteroatoms. The first-order chi connectivity index (χ1) is 7.31. The Morgan fingerprint density at radius 3 is 2.44 bits per heavy atom. The molecule has 1 fully saturated rings. The molecule has 1 N–H and O–H groups in total. The number of likely N-dealkylation sites (tertiary alicyclic amines) is 1. The summed E-state index contributed by atoms with van der Waals surface area (Å²) in [4.78, 5) is 23.4. The Balaban J connectivity index is 2.28. The zero-order chi connectivity index (χ0) is 12.3. The minimum absolute atomic E-state index is 0.388. The Hall–Kier alpha value is -0.830. The monoisotopic (exact) mass is 248 g/mol.